The molecule has 1 amide bonds. The Kier molecular flexibility index (Phi) is 4.95. The molecule has 0 spiro atoms. The van der Waals surface area contributed by atoms with Gasteiger partial charge >= 0.3 is 6.09 Å². The molecule has 1 aromatic carbocycles. The van der Waals surface area contributed by atoms with Crippen molar-refractivity contribution in [2.45, 2.75) is 32.4 Å². The van der Waals surface area contributed by atoms with Crippen molar-refractivity contribution >= 4 is 23.5 Å². The lowest BCUT2D eigenvalue weighted by molar-refractivity contribution is 0.0666. The summed E-state index contributed by atoms with van der Waals surface area (Å²) >= 11 is 0. The zero-order valence-electron chi connectivity index (χ0n) is 15.9. The maximum absolute atomic E-state index is 13.6. The van der Waals surface area contributed by atoms with Gasteiger partial charge in [0.15, 0.2) is 23.2 Å². The van der Waals surface area contributed by atoms with Gasteiger partial charge in [-0.15, -0.1) is 0 Å². The van der Waals surface area contributed by atoms with Gasteiger partial charge < -0.3 is 19.9 Å². The first-order valence-corrected chi connectivity index (χ1v) is 9.24. The summed E-state index contributed by atoms with van der Waals surface area (Å²) < 4.78 is 38.2. The molecule has 0 radical (unpaired) electrons. The van der Waals surface area contributed by atoms with E-state index >= 15 is 0 Å². The van der Waals surface area contributed by atoms with Crippen LogP contribution in [0.25, 0.3) is 0 Å². The normalized spacial score (nSPS) is 21.3. The molecule has 2 aliphatic heterocycles. The minimum Gasteiger partial charge on any atom is -0.503 e. The first-order valence-electron chi connectivity index (χ1n) is 9.24. The summed E-state index contributed by atoms with van der Waals surface area (Å²) in [5.41, 5.74) is 0.674. The number of cyclic esters (lactones) is 1. The fourth-order valence-corrected chi connectivity index (χ4v) is 3.46. The van der Waals surface area contributed by atoms with Gasteiger partial charge in [-0.1, -0.05) is 13.8 Å². The molecule has 154 valence electrons. The van der Waals surface area contributed by atoms with Crippen molar-refractivity contribution in [3.8, 4) is 5.75 Å². The molecule has 29 heavy (non-hydrogen) atoms. The van der Waals surface area contributed by atoms with Crippen molar-refractivity contribution in [3.63, 3.8) is 0 Å². The van der Waals surface area contributed by atoms with E-state index in [-0.39, 0.29) is 23.6 Å². The number of nitrogens with one attached hydrogen (secondary N) is 1. The number of hydrogen-bond donors (Lipinski definition) is 2. The van der Waals surface area contributed by atoms with Crippen molar-refractivity contribution in [1.82, 2.24) is 9.97 Å². The number of rotatable bonds is 4. The predicted octanol–water partition coefficient (Wildman–Crippen LogP) is 3.65. The summed E-state index contributed by atoms with van der Waals surface area (Å²) in [5, 5.41) is 12.0. The van der Waals surface area contributed by atoms with E-state index in [0.29, 0.717) is 31.0 Å². The molecule has 3 heterocycles. The third kappa shape index (κ3) is 3.55. The number of carbonyl (C=O) groups excluding carboxylic acids is 1. The van der Waals surface area contributed by atoms with Gasteiger partial charge in [-0.3, -0.25) is 4.90 Å². The molecular formula is C19H20F2N4O4. The standard InChI is InChI=1S/C19H20F2N4O4/c1-9(2)16-12-7-22-18(23-10-5-13(20)15(26)14(21)6-10)24-17(12)25(19(27)29-16)11-3-4-28-8-11/h5-7,9,11,16,26H,3-4,8H2,1-2H3,(H,22,23,24). The molecule has 0 saturated carbocycles. The second-order valence-corrected chi connectivity index (χ2v) is 7.32. The molecule has 2 aromatic rings. The van der Waals surface area contributed by atoms with Gasteiger partial charge in [0.1, 0.15) is 6.10 Å². The Hall–Kier alpha value is -3.01. The number of fused-ring (bicyclic) bond motifs is 1. The van der Waals surface area contributed by atoms with Gasteiger partial charge in [0.05, 0.1) is 18.2 Å². The second-order valence-electron chi connectivity index (χ2n) is 7.32. The molecule has 1 saturated heterocycles. The van der Waals surface area contributed by atoms with Crippen LogP contribution < -0.4 is 10.2 Å². The van der Waals surface area contributed by atoms with Crippen LogP contribution in [0.2, 0.25) is 0 Å². The zero-order valence-corrected chi connectivity index (χ0v) is 15.9. The molecule has 4 rings (SSSR count). The average molecular weight is 406 g/mol. The Morgan fingerprint density at radius 1 is 1.31 bits per heavy atom. The van der Waals surface area contributed by atoms with E-state index in [2.05, 4.69) is 15.3 Å². The molecule has 2 N–H and O–H groups in total. The number of phenolic OH excluding ortho intramolecular Hbond substituents is 1. The number of hydrogen-bond acceptors (Lipinski definition) is 7. The number of aromatic nitrogens is 2. The van der Waals surface area contributed by atoms with Crippen LogP contribution in [-0.4, -0.2) is 40.4 Å². The molecule has 10 heteroatoms. The second kappa shape index (κ2) is 7.43. The molecule has 2 unspecified atom stereocenters. The minimum atomic E-state index is -1.11. The lowest BCUT2D eigenvalue weighted by Gasteiger charge is -2.36. The van der Waals surface area contributed by atoms with E-state index in [0.717, 1.165) is 12.1 Å². The maximum Gasteiger partial charge on any atom is 0.416 e. The molecular weight excluding hydrogens is 386 g/mol. The lowest BCUT2D eigenvalue weighted by Crippen LogP contribution is -2.46. The number of halogens is 2. The quantitative estimate of drug-likeness (QED) is 0.748. The maximum atomic E-state index is 13.6. The first-order chi connectivity index (χ1) is 13.8. The van der Waals surface area contributed by atoms with Gasteiger partial charge in [-0.2, -0.15) is 4.98 Å². The molecule has 8 nitrogen and oxygen atoms in total. The Morgan fingerprint density at radius 2 is 2.03 bits per heavy atom. The Bertz CT molecular complexity index is 927. The number of ether oxygens (including phenoxy) is 2. The molecule has 1 fully saturated rings. The van der Waals surface area contributed by atoms with Crippen molar-refractivity contribution < 1.29 is 28.2 Å². The summed E-state index contributed by atoms with van der Waals surface area (Å²) in [7, 11) is 0. The highest BCUT2D eigenvalue weighted by molar-refractivity contribution is 5.90. The average Bonchev–Trinajstić information content (AvgIpc) is 3.19. The third-order valence-corrected chi connectivity index (χ3v) is 4.90. The third-order valence-electron chi connectivity index (χ3n) is 4.90. The van der Waals surface area contributed by atoms with Crippen molar-refractivity contribution in [2.75, 3.05) is 23.4 Å². The number of anilines is 3. The van der Waals surface area contributed by atoms with Crippen LogP contribution in [0, 0.1) is 17.6 Å². The summed E-state index contributed by atoms with van der Waals surface area (Å²) in [6, 6.07) is 1.63. The molecule has 1 aromatic heterocycles. The van der Waals surface area contributed by atoms with Gasteiger partial charge in [0, 0.05) is 30.6 Å². The van der Waals surface area contributed by atoms with Crippen molar-refractivity contribution in [3.05, 3.63) is 35.5 Å². The van der Waals surface area contributed by atoms with E-state index in [4.69, 9.17) is 9.47 Å². The van der Waals surface area contributed by atoms with Crippen LogP contribution in [0.1, 0.15) is 31.9 Å². The van der Waals surface area contributed by atoms with Crippen LogP contribution >= 0.6 is 0 Å². The van der Waals surface area contributed by atoms with Gasteiger partial charge in [0.2, 0.25) is 5.95 Å². The highest BCUT2D eigenvalue weighted by Crippen LogP contribution is 2.39. The van der Waals surface area contributed by atoms with Crippen LogP contribution in [0.5, 0.6) is 5.75 Å². The molecule has 2 atom stereocenters. The monoisotopic (exact) mass is 406 g/mol. The van der Waals surface area contributed by atoms with Crippen LogP contribution in [0.4, 0.5) is 31.0 Å². The number of amides is 1. The van der Waals surface area contributed by atoms with Crippen molar-refractivity contribution in [1.29, 1.82) is 0 Å². The van der Waals surface area contributed by atoms with Gasteiger partial charge in [-0.05, 0) is 12.3 Å². The molecule has 2 aliphatic rings. The van der Waals surface area contributed by atoms with E-state index in [9.17, 15) is 18.7 Å². The van der Waals surface area contributed by atoms with Gasteiger partial charge in [-0.25, -0.2) is 18.6 Å². The Morgan fingerprint density at radius 3 is 2.66 bits per heavy atom. The summed E-state index contributed by atoms with van der Waals surface area (Å²) in [4.78, 5) is 22.8. The first kappa shape index (κ1) is 19.3. The number of aromatic hydroxyl groups is 1. The number of nitrogens with zero attached hydrogens (tertiary/aromatic N) is 3. The zero-order chi connectivity index (χ0) is 20.7. The van der Waals surface area contributed by atoms with Crippen LogP contribution in [-0.2, 0) is 9.47 Å². The summed E-state index contributed by atoms with van der Waals surface area (Å²) in [6.45, 7) is 4.73. The topological polar surface area (TPSA) is 96.8 Å². The summed E-state index contributed by atoms with van der Waals surface area (Å²) in [6.07, 6.45) is 1.16. The predicted molar refractivity (Wildman–Crippen MR) is 99.1 cm³/mol. The largest absolute Gasteiger partial charge is 0.503 e. The highest BCUT2D eigenvalue weighted by atomic mass is 19.1. The van der Waals surface area contributed by atoms with E-state index in [1.807, 2.05) is 13.8 Å². The van der Waals surface area contributed by atoms with Gasteiger partial charge in [0.25, 0.3) is 0 Å². The number of phenols is 1. The van der Waals surface area contributed by atoms with E-state index < -0.39 is 29.6 Å². The number of benzene rings is 1. The fraction of sp³-hybridized carbons (Fsp3) is 0.421. The van der Waals surface area contributed by atoms with Crippen molar-refractivity contribution in [2.24, 2.45) is 5.92 Å². The molecule has 0 bridgehead atoms. The SMILES string of the molecule is CC(C)C1OC(=O)N(C2CCOC2)c2nc(Nc3cc(F)c(O)c(F)c3)ncc21. The smallest absolute Gasteiger partial charge is 0.416 e. The van der Waals surface area contributed by atoms with Crippen LogP contribution in [0.3, 0.4) is 0 Å². The molecule has 0 aliphatic carbocycles. The summed E-state index contributed by atoms with van der Waals surface area (Å²) in [5.74, 6) is -2.85. The van der Waals surface area contributed by atoms with Crippen LogP contribution in [0.15, 0.2) is 18.3 Å². The fourth-order valence-electron chi connectivity index (χ4n) is 3.46. The number of carbonyl (C=O) groups is 1. The minimum absolute atomic E-state index is 0.00220. The lowest BCUT2D eigenvalue weighted by atomic mass is 9.98. The highest BCUT2D eigenvalue weighted by Gasteiger charge is 2.41. The Balaban J connectivity index is 1.73. The Labute approximate surface area is 165 Å². The van der Waals surface area contributed by atoms with E-state index in [1.54, 1.807) is 0 Å². The van der Waals surface area contributed by atoms with E-state index in [1.165, 1.54) is 11.1 Å².